The van der Waals surface area contributed by atoms with Crippen LogP contribution in [0.25, 0.3) is 0 Å². The quantitative estimate of drug-likeness (QED) is 0.192. The number of hydrogen-bond donors (Lipinski definition) is 2. The van der Waals surface area contributed by atoms with Gasteiger partial charge in [-0.3, -0.25) is 4.99 Å². The molecule has 1 aromatic carbocycles. The van der Waals surface area contributed by atoms with E-state index in [1.165, 1.54) is 38.2 Å². The number of ether oxygens (including phenoxy) is 2. The third-order valence-corrected chi connectivity index (χ3v) is 5.29. The minimum absolute atomic E-state index is 0. The SMILES string of the molecule is CCOc1ccc(CCNC(=NC)NCCCN2CCCN(C)CC2)cc1OCC.I. The molecular weight excluding hydrogens is 505 g/mol. The first-order chi connectivity index (χ1) is 14.7. The molecule has 0 bridgehead atoms. The first-order valence-corrected chi connectivity index (χ1v) is 11.4. The highest BCUT2D eigenvalue weighted by Gasteiger charge is 2.11. The highest BCUT2D eigenvalue weighted by atomic mass is 127. The monoisotopic (exact) mass is 547 g/mol. The van der Waals surface area contributed by atoms with Crippen molar-refractivity contribution in [3.63, 3.8) is 0 Å². The number of nitrogens with zero attached hydrogens (tertiary/aromatic N) is 3. The molecule has 7 nitrogen and oxygen atoms in total. The van der Waals surface area contributed by atoms with Crippen LogP contribution in [0.4, 0.5) is 0 Å². The molecule has 0 spiro atoms. The van der Waals surface area contributed by atoms with Crippen molar-refractivity contribution in [3.8, 4) is 11.5 Å². The van der Waals surface area contributed by atoms with Crippen molar-refractivity contribution >= 4 is 29.9 Å². The smallest absolute Gasteiger partial charge is 0.190 e. The molecule has 0 amide bonds. The number of likely N-dealkylation sites (N-methyl/N-ethyl adjacent to an activating group) is 1. The maximum atomic E-state index is 5.72. The Morgan fingerprint density at radius 2 is 1.74 bits per heavy atom. The lowest BCUT2D eigenvalue weighted by molar-refractivity contribution is 0.274. The molecule has 0 atom stereocenters. The Balaban J connectivity index is 0.00000480. The van der Waals surface area contributed by atoms with E-state index < -0.39 is 0 Å². The zero-order valence-electron chi connectivity index (χ0n) is 19.8. The molecule has 0 radical (unpaired) electrons. The van der Waals surface area contributed by atoms with Gasteiger partial charge in [0.15, 0.2) is 17.5 Å². The Morgan fingerprint density at radius 1 is 1.00 bits per heavy atom. The molecule has 1 aromatic rings. The van der Waals surface area contributed by atoms with Crippen LogP contribution in [-0.4, -0.2) is 88.9 Å². The van der Waals surface area contributed by atoms with Gasteiger partial charge in [-0.15, -0.1) is 24.0 Å². The van der Waals surface area contributed by atoms with Crippen LogP contribution < -0.4 is 20.1 Å². The molecule has 0 saturated carbocycles. The maximum Gasteiger partial charge on any atom is 0.190 e. The summed E-state index contributed by atoms with van der Waals surface area (Å²) in [5.41, 5.74) is 1.22. The Labute approximate surface area is 206 Å². The molecule has 1 fully saturated rings. The van der Waals surface area contributed by atoms with Crippen molar-refractivity contribution in [2.45, 2.75) is 33.1 Å². The molecule has 1 aliphatic rings. The molecule has 2 rings (SSSR count). The van der Waals surface area contributed by atoms with Crippen LogP contribution in [0.15, 0.2) is 23.2 Å². The molecule has 0 aliphatic carbocycles. The molecule has 1 aliphatic heterocycles. The predicted octanol–water partition coefficient (Wildman–Crippen LogP) is 2.84. The second kappa shape index (κ2) is 16.4. The van der Waals surface area contributed by atoms with Gasteiger partial charge >= 0.3 is 0 Å². The third kappa shape index (κ3) is 10.7. The number of guanidine groups is 1. The summed E-state index contributed by atoms with van der Waals surface area (Å²) < 4.78 is 11.4. The summed E-state index contributed by atoms with van der Waals surface area (Å²) in [5, 5.41) is 6.84. The van der Waals surface area contributed by atoms with Crippen LogP contribution in [0.1, 0.15) is 32.3 Å². The number of hydrogen-bond acceptors (Lipinski definition) is 5. The van der Waals surface area contributed by atoms with Gasteiger partial charge in [-0.2, -0.15) is 0 Å². The average molecular weight is 548 g/mol. The summed E-state index contributed by atoms with van der Waals surface area (Å²) in [5.74, 6) is 2.49. The Hall–Kier alpha value is -1.26. The van der Waals surface area contributed by atoms with E-state index in [0.29, 0.717) is 13.2 Å². The second-order valence-electron chi connectivity index (χ2n) is 7.67. The highest BCUT2D eigenvalue weighted by molar-refractivity contribution is 14.0. The molecule has 178 valence electrons. The van der Waals surface area contributed by atoms with Crippen molar-refractivity contribution in [2.75, 3.05) is 73.1 Å². The molecule has 1 saturated heterocycles. The Kier molecular flexibility index (Phi) is 14.7. The van der Waals surface area contributed by atoms with E-state index in [-0.39, 0.29) is 24.0 Å². The summed E-state index contributed by atoms with van der Waals surface area (Å²) in [7, 11) is 4.04. The van der Waals surface area contributed by atoms with E-state index in [1.54, 1.807) is 0 Å². The van der Waals surface area contributed by atoms with Gasteiger partial charge in [0.1, 0.15) is 0 Å². The van der Waals surface area contributed by atoms with Crippen LogP contribution in [0, 0.1) is 0 Å². The normalized spacial score (nSPS) is 15.7. The van der Waals surface area contributed by atoms with Crippen LogP contribution in [0.2, 0.25) is 0 Å². The lowest BCUT2D eigenvalue weighted by Crippen LogP contribution is -2.40. The van der Waals surface area contributed by atoms with Gasteiger partial charge in [-0.1, -0.05) is 6.07 Å². The summed E-state index contributed by atoms with van der Waals surface area (Å²) in [4.78, 5) is 9.34. The third-order valence-electron chi connectivity index (χ3n) is 5.29. The first-order valence-electron chi connectivity index (χ1n) is 11.4. The summed E-state index contributed by atoms with van der Waals surface area (Å²) >= 11 is 0. The van der Waals surface area contributed by atoms with Gasteiger partial charge in [0.25, 0.3) is 0 Å². The van der Waals surface area contributed by atoms with Crippen molar-refractivity contribution in [3.05, 3.63) is 23.8 Å². The lowest BCUT2D eigenvalue weighted by Gasteiger charge is -2.20. The largest absolute Gasteiger partial charge is 0.490 e. The van der Waals surface area contributed by atoms with Gasteiger partial charge in [-0.05, 0) is 77.5 Å². The average Bonchev–Trinajstić information content (AvgIpc) is 2.96. The minimum atomic E-state index is 0. The fourth-order valence-corrected chi connectivity index (χ4v) is 3.63. The van der Waals surface area contributed by atoms with E-state index in [1.807, 2.05) is 27.0 Å². The van der Waals surface area contributed by atoms with Gasteiger partial charge in [0.05, 0.1) is 13.2 Å². The zero-order valence-corrected chi connectivity index (χ0v) is 22.1. The molecule has 0 unspecified atom stereocenters. The molecule has 2 N–H and O–H groups in total. The molecule has 0 aromatic heterocycles. The van der Waals surface area contributed by atoms with E-state index in [0.717, 1.165) is 49.9 Å². The maximum absolute atomic E-state index is 5.72. The highest BCUT2D eigenvalue weighted by Crippen LogP contribution is 2.28. The zero-order chi connectivity index (χ0) is 21.6. The van der Waals surface area contributed by atoms with Crippen LogP contribution in [0.5, 0.6) is 11.5 Å². The summed E-state index contributed by atoms with van der Waals surface area (Å²) in [6.07, 6.45) is 3.29. The van der Waals surface area contributed by atoms with E-state index in [4.69, 9.17) is 9.47 Å². The fraction of sp³-hybridized carbons (Fsp3) is 0.696. The lowest BCUT2D eigenvalue weighted by atomic mass is 10.1. The fourth-order valence-electron chi connectivity index (χ4n) is 3.63. The predicted molar refractivity (Wildman–Crippen MR) is 140 cm³/mol. The second-order valence-corrected chi connectivity index (χ2v) is 7.67. The van der Waals surface area contributed by atoms with Crippen molar-refractivity contribution < 1.29 is 9.47 Å². The number of benzene rings is 1. The van der Waals surface area contributed by atoms with Gasteiger partial charge < -0.3 is 29.9 Å². The van der Waals surface area contributed by atoms with Crippen LogP contribution in [-0.2, 0) is 6.42 Å². The van der Waals surface area contributed by atoms with Crippen LogP contribution in [0.3, 0.4) is 0 Å². The van der Waals surface area contributed by atoms with Crippen LogP contribution >= 0.6 is 24.0 Å². The van der Waals surface area contributed by atoms with E-state index in [2.05, 4.69) is 44.6 Å². The molecule has 31 heavy (non-hydrogen) atoms. The number of nitrogens with one attached hydrogen (secondary N) is 2. The van der Waals surface area contributed by atoms with Crippen molar-refractivity contribution in [1.82, 2.24) is 20.4 Å². The van der Waals surface area contributed by atoms with Crippen molar-refractivity contribution in [1.29, 1.82) is 0 Å². The standard InChI is InChI=1S/C23H41N5O2.HI/c1-5-29-21-10-9-20(19-22(21)30-6-2)11-13-26-23(24-3)25-12-7-15-28-16-8-14-27(4)17-18-28;/h9-10,19H,5-8,11-18H2,1-4H3,(H2,24,25,26);1H. The Bertz CT molecular complexity index is 644. The van der Waals surface area contributed by atoms with Gasteiger partial charge in [0, 0.05) is 33.2 Å². The topological polar surface area (TPSA) is 61.4 Å². The van der Waals surface area contributed by atoms with E-state index in [9.17, 15) is 0 Å². The number of rotatable bonds is 11. The number of halogens is 1. The van der Waals surface area contributed by atoms with E-state index >= 15 is 0 Å². The van der Waals surface area contributed by atoms with Crippen molar-refractivity contribution in [2.24, 2.45) is 4.99 Å². The minimum Gasteiger partial charge on any atom is -0.490 e. The Morgan fingerprint density at radius 3 is 2.48 bits per heavy atom. The molecular formula is C23H42IN5O2. The molecule has 1 heterocycles. The summed E-state index contributed by atoms with van der Waals surface area (Å²) in [6, 6.07) is 6.17. The summed E-state index contributed by atoms with van der Waals surface area (Å²) in [6.45, 7) is 12.9. The molecule has 8 heteroatoms. The number of aliphatic imine (C=N–C) groups is 1. The van der Waals surface area contributed by atoms with Gasteiger partial charge in [-0.25, -0.2) is 0 Å². The van der Waals surface area contributed by atoms with Gasteiger partial charge in [0.2, 0.25) is 0 Å². The first kappa shape index (κ1) is 27.8.